The van der Waals surface area contributed by atoms with Crippen LogP contribution in [-0.4, -0.2) is 46.5 Å². The molecule has 0 aliphatic carbocycles. The lowest BCUT2D eigenvalue weighted by Crippen LogP contribution is -2.49. The van der Waals surface area contributed by atoms with Gasteiger partial charge in [0.2, 0.25) is 11.8 Å². The van der Waals surface area contributed by atoms with Gasteiger partial charge in [0, 0.05) is 24.4 Å². The van der Waals surface area contributed by atoms with Crippen LogP contribution in [0.3, 0.4) is 0 Å². The van der Waals surface area contributed by atoms with Crippen molar-refractivity contribution in [1.82, 2.24) is 9.80 Å². The predicted octanol–water partition coefficient (Wildman–Crippen LogP) is 3.57. The van der Waals surface area contributed by atoms with Crippen LogP contribution in [0, 0.1) is 0 Å². The van der Waals surface area contributed by atoms with E-state index in [9.17, 15) is 9.59 Å². The number of aryl methyl sites for hydroxylation is 1. The average Bonchev–Trinajstić information content (AvgIpc) is 3.37. The molecule has 0 bridgehead atoms. The van der Waals surface area contributed by atoms with Crippen LogP contribution in [0.4, 0.5) is 0 Å². The average molecular weight is 411 g/mol. The third kappa shape index (κ3) is 2.95. The van der Waals surface area contributed by atoms with Crippen molar-refractivity contribution in [3.63, 3.8) is 0 Å². The molecule has 3 fully saturated rings. The van der Waals surface area contributed by atoms with Crippen molar-refractivity contribution in [3.05, 3.63) is 70.7 Å². The number of hydrogen-bond acceptors (Lipinski definition) is 3. The van der Waals surface area contributed by atoms with Gasteiger partial charge in [0.1, 0.15) is 0 Å². The van der Waals surface area contributed by atoms with Crippen LogP contribution >= 0.6 is 11.6 Å². The van der Waals surface area contributed by atoms with Crippen LogP contribution in [-0.2, 0) is 20.7 Å². The van der Waals surface area contributed by atoms with Crippen LogP contribution in [0.15, 0.2) is 54.6 Å². The van der Waals surface area contributed by atoms with E-state index in [2.05, 4.69) is 0 Å². The normalized spacial score (nSPS) is 28.0. The fourth-order valence-electron chi connectivity index (χ4n) is 5.15. The Bertz CT molecular complexity index is 950. The standard InChI is InChI=1S/C23H23ClN2O3/c24-18-9-5-4-6-16(18)10-11-21(27)25-13-12-23-20(25)14-22(28)26(23)19(15-29-23)17-7-2-1-3-8-17/h1-9,19-20H,10-15H2/t19-,20+,23-/m0/s1. The van der Waals surface area contributed by atoms with Crippen molar-refractivity contribution < 1.29 is 14.3 Å². The lowest BCUT2D eigenvalue weighted by Gasteiger charge is -2.33. The van der Waals surface area contributed by atoms with E-state index < -0.39 is 5.72 Å². The van der Waals surface area contributed by atoms with Gasteiger partial charge < -0.3 is 14.5 Å². The molecule has 0 radical (unpaired) electrons. The summed E-state index contributed by atoms with van der Waals surface area (Å²) in [6.45, 7) is 1.10. The molecule has 3 aliphatic rings. The van der Waals surface area contributed by atoms with Crippen molar-refractivity contribution in [3.8, 4) is 0 Å². The number of likely N-dealkylation sites (tertiary alicyclic amines) is 1. The Morgan fingerprint density at radius 1 is 1.14 bits per heavy atom. The minimum Gasteiger partial charge on any atom is -0.351 e. The lowest BCUT2D eigenvalue weighted by molar-refractivity contribution is -0.141. The molecule has 0 N–H and O–H groups in total. The summed E-state index contributed by atoms with van der Waals surface area (Å²) in [6, 6.07) is 17.3. The highest BCUT2D eigenvalue weighted by molar-refractivity contribution is 6.31. The predicted molar refractivity (Wildman–Crippen MR) is 109 cm³/mol. The summed E-state index contributed by atoms with van der Waals surface area (Å²) in [5.41, 5.74) is 1.39. The topological polar surface area (TPSA) is 49.9 Å². The van der Waals surface area contributed by atoms with Gasteiger partial charge in [-0.15, -0.1) is 0 Å². The number of hydrogen-bond donors (Lipinski definition) is 0. The fraction of sp³-hybridized carbons (Fsp3) is 0.391. The number of carbonyl (C=O) groups is 2. The third-order valence-electron chi connectivity index (χ3n) is 6.53. The first-order valence-corrected chi connectivity index (χ1v) is 10.5. The molecule has 2 aromatic rings. The highest BCUT2D eigenvalue weighted by atomic mass is 35.5. The number of rotatable bonds is 4. The van der Waals surface area contributed by atoms with Gasteiger partial charge in [0.25, 0.3) is 0 Å². The quantitative estimate of drug-likeness (QED) is 0.774. The number of amides is 2. The van der Waals surface area contributed by atoms with Crippen LogP contribution in [0.2, 0.25) is 5.02 Å². The third-order valence-corrected chi connectivity index (χ3v) is 6.89. The molecule has 1 spiro atoms. The Morgan fingerprint density at radius 2 is 1.90 bits per heavy atom. The molecular formula is C23H23ClN2O3. The van der Waals surface area contributed by atoms with E-state index in [4.69, 9.17) is 16.3 Å². The van der Waals surface area contributed by atoms with Gasteiger partial charge in [-0.05, 0) is 23.6 Å². The molecule has 5 nitrogen and oxygen atoms in total. The maximum atomic E-state index is 13.0. The minimum atomic E-state index is -0.669. The van der Waals surface area contributed by atoms with E-state index in [-0.39, 0.29) is 23.9 Å². The summed E-state index contributed by atoms with van der Waals surface area (Å²) < 4.78 is 6.28. The molecule has 3 atom stereocenters. The largest absolute Gasteiger partial charge is 0.351 e. The van der Waals surface area contributed by atoms with Gasteiger partial charge in [-0.2, -0.15) is 0 Å². The maximum Gasteiger partial charge on any atom is 0.227 e. The molecule has 3 heterocycles. The van der Waals surface area contributed by atoms with Gasteiger partial charge in [-0.1, -0.05) is 60.1 Å². The molecule has 150 valence electrons. The number of ether oxygens (including phenoxy) is 1. The number of benzene rings is 2. The maximum absolute atomic E-state index is 13.0. The monoisotopic (exact) mass is 410 g/mol. The number of carbonyl (C=O) groups excluding carboxylic acids is 2. The summed E-state index contributed by atoms with van der Waals surface area (Å²) in [5, 5.41) is 0.685. The highest BCUT2D eigenvalue weighted by Gasteiger charge is 2.65. The van der Waals surface area contributed by atoms with Crippen molar-refractivity contribution in [2.45, 2.75) is 43.5 Å². The molecule has 2 amide bonds. The first kappa shape index (κ1) is 18.6. The Balaban J connectivity index is 1.33. The second-order valence-corrected chi connectivity index (χ2v) is 8.40. The first-order valence-electron chi connectivity index (χ1n) is 10.1. The Morgan fingerprint density at radius 3 is 2.69 bits per heavy atom. The molecule has 0 unspecified atom stereocenters. The van der Waals surface area contributed by atoms with Gasteiger partial charge in [0.05, 0.1) is 25.1 Å². The van der Waals surface area contributed by atoms with Gasteiger partial charge in [-0.3, -0.25) is 9.59 Å². The SMILES string of the molecule is O=C(CCc1ccccc1Cl)N1CC[C@@]23OC[C@@H](c4ccccc4)N2C(=O)C[C@@H]13. The second-order valence-electron chi connectivity index (χ2n) is 7.99. The second kappa shape index (κ2) is 7.15. The first-order chi connectivity index (χ1) is 14.1. The minimum absolute atomic E-state index is 0.0632. The smallest absolute Gasteiger partial charge is 0.227 e. The molecule has 0 aromatic heterocycles. The lowest BCUT2D eigenvalue weighted by atomic mass is 10.0. The van der Waals surface area contributed by atoms with Gasteiger partial charge >= 0.3 is 0 Å². The highest BCUT2D eigenvalue weighted by Crippen LogP contribution is 2.51. The molecular weight excluding hydrogens is 388 g/mol. The molecule has 0 saturated carbocycles. The number of nitrogens with zero attached hydrogens (tertiary/aromatic N) is 2. The molecule has 6 heteroatoms. The van der Waals surface area contributed by atoms with Gasteiger partial charge in [0.15, 0.2) is 5.72 Å². The van der Waals surface area contributed by atoms with Crippen molar-refractivity contribution in [2.24, 2.45) is 0 Å². The van der Waals surface area contributed by atoms with E-state index in [0.29, 0.717) is 43.9 Å². The van der Waals surface area contributed by atoms with Crippen molar-refractivity contribution >= 4 is 23.4 Å². The number of halogens is 1. The molecule has 29 heavy (non-hydrogen) atoms. The van der Waals surface area contributed by atoms with Crippen LogP contribution in [0.25, 0.3) is 0 Å². The van der Waals surface area contributed by atoms with Crippen LogP contribution < -0.4 is 0 Å². The van der Waals surface area contributed by atoms with E-state index in [1.54, 1.807) is 0 Å². The Kier molecular flexibility index (Phi) is 4.60. The van der Waals surface area contributed by atoms with E-state index >= 15 is 0 Å². The summed E-state index contributed by atoms with van der Waals surface area (Å²) in [7, 11) is 0. The zero-order chi connectivity index (χ0) is 20.0. The van der Waals surface area contributed by atoms with Crippen molar-refractivity contribution in [2.75, 3.05) is 13.2 Å². The summed E-state index contributed by atoms with van der Waals surface area (Å²) in [6.07, 6.45) is 1.98. The van der Waals surface area contributed by atoms with Gasteiger partial charge in [-0.25, -0.2) is 0 Å². The van der Waals surface area contributed by atoms with E-state index in [1.165, 1.54) is 0 Å². The summed E-state index contributed by atoms with van der Waals surface area (Å²) >= 11 is 6.23. The Labute approximate surface area is 175 Å². The summed E-state index contributed by atoms with van der Waals surface area (Å²) in [4.78, 5) is 29.7. The van der Waals surface area contributed by atoms with E-state index in [1.807, 2.05) is 64.4 Å². The molecule has 2 aromatic carbocycles. The Hall–Kier alpha value is -2.37. The van der Waals surface area contributed by atoms with Crippen LogP contribution in [0.1, 0.15) is 36.4 Å². The van der Waals surface area contributed by atoms with Crippen molar-refractivity contribution in [1.29, 1.82) is 0 Å². The molecule has 5 rings (SSSR count). The zero-order valence-electron chi connectivity index (χ0n) is 16.1. The summed E-state index contributed by atoms with van der Waals surface area (Å²) in [5.74, 6) is 0.137. The molecule has 3 saturated heterocycles. The zero-order valence-corrected chi connectivity index (χ0v) is 16.8. The van der Waals surface area contributed by atoms with E-state index in [0.717, 1.165) is 11.1 Å². The fourth-order valence-corrected chi connectivity index (χ4v) is 5.38. The van der Waals surface area contributed by atoms with Crippen LogP contribution in [0.5, 0.6) is 0 Å². The molecule has 3 aliphatic heterocycles.